The zero-order chi connectivity index (χ0) is 14.5. The maximum atomic E-state index is 13.6. The minimum Gasteiger partial charge on any atom is -0.481 e. The Morgan fingerprint density at radius 1 is 1.21 bits per heavy atom. The van der Waals surface area contributed by atoms with Crippen LogP contribution in [0, 0.1) is 0 Å². The lowest BCUT2D eigenvalue weighted by Crippen LogP contribution is -2.55. The van der Waals surface area contributed by atoms with Crippen LogP contribution in [0.4, 0.5) is 17.6 Å². The van der Waals surface area contributed by atoms with Gasteiger partial charge in [0.25, 0.3) is 0 Å². The average molecular weight is 276 g/mol. The summed E-state index contributed by atoms with van der Waals surface area (Å²) in [4.78, 5) is 11.3. The van der Waals surface area contributed by atoms with Crippen LogP contribution in [0.15, 0.2) is 24.3 Å². The third-order valence-electron chi connectivity index (χ3n) is 3.51. The summed E-state index contributed by atoms with van der Waals surface area (Å²) in [5, 5.41) is 9.21. The lowest BCUT2D eigenvalue weighted by atomic mass is 9.57. The Kier molecular flexibility index (Phi) is 2.88. The first-order valence-corrected chi connectivity index (χ1v) is 5.67. The zero-order valence-corrected chi connectivity index (χ0v) is 10.1. The largest absolute Gasteiger partial charge is 0.481 e. The van der Waals surface area contributed by atoms with Crippen molar-refractivity contribution in [2.75, 3.05) is 0 Å². The van der Waals surface area contributed by atoms with Crippen LogP contribution in [0.3, 0.4) is 0 Å². The SMILES string of the molecule is CC1(F)CC(C(=O)O)(c2ccc(C(F)(F)F)cc2)C1. The van der Waals surface area contributed by atoms with Gasteiger partial charge in [0.15, 0.2) is 0 Å². The van der Waals surface area contributed by atoms with Crippen LogP contribution in [-0.4, -0.2) is 16.7 Å². The Hall–Kier alpha value is -1.59. The number of halogens is 4. The minimum atomic E-state index is -4.47. The second-order valence-corrected chi connectivity index (χ2v) is 5.23. The van der Waals surface area contributed by atoms with Crippen molar-refractivity contribution in [3.8, 4) is 0 Å². The van der Waals surface area contributed by atoms with E-state index in [0.717, 1.165) is 24.3 Å². The lowest BCUT2D eigenvalue weighted by Gasteiger charge is -2.47. The second kappa shape index (κ2) is 3.95. The Labute approximate surface area is 107 Å². The molecule has 1 aromatic rings. The van der Waals surface area contributed by atoms with Gasteiger partial charge in [-0.3, -0.25) is 4.79 Å². The molecule has 0 aliphatic heterocycles. The van der Waals surface area contributed by atoms with Crippen LogP contribution in [-0.2, 0) is 16.4 Å². The van der Waals surface area contributed by atoms with Crippen LogP contribution < -0.4 is 0 Å². The van der Waals surface area contributed by atoms with Crippen molar-refractivity contribution in [1.82, 2.24) is 0 Å². The molecule has 0 heterocycles. The molecule has 0 spiro atoms. The fourth-order valence-electron chi connectivity index (χ4n) is 2.66. The number of alkyl halides is 4. The van der Waals surface area contributed by atoms with E-state index in [-0.39, 0.29) is 18.4 Å². The maximum Gasteiger partial charge on any atom is 0.416 e. The first kappa shape index (κ1) is 13.8. The highest BCUT2D eigenvalue weighted by atomic mass is 19.4. The minimum absolute atomic E-state index is 0.211. The molecule has 1 aromatic carbocycles. The van der Waals surface area contributed by atoms with Crippen molar-refractivity contribution in [3.05, 3.63) is 35.4 Å². The van der Waals surface area contributed by atoms with Crippen LogP contribution in [0.25, 0.3) is 0 Å². The number of carboxylic acids is 1. The van der Waals surface area contributed by atoms with Gasteiger partial charge in [0.1, 0.15) is 5.67 Å². The molecule has 0 amide bonds. The molecule has 104 valence electrons. The Morgan fingerprint density at radius 3 is 2.00 bits per heavy atom. The number of hydrogen-bond acceptors (Lipinski definition) is 1. The summed E-state index contributed by atoms with van der Waals surface area (Å²) in [6, 6.07) is 3.89. The number of aliphatic carboxylic acids is 1. The van der Waals surface area contributed by atoms with Crippen molar-refractivity contribution in [3.63, 3.8) is 0 Å². The summed E-state index contributed by atoms with van der Waals surface area (Å²) in [5.74, 6) is -1.21. The molecule has 19 heavy (non-hydrogen) atoms. The molecule has 0 aromatic heterocycles. The van der Waals surface area contributed by atoms with E-state index in [0.29, 0.717) is 0 Å². The molecule has 1 aliphatic carbocycles. The molecule has 0 saturated heterocycles. The number of rotatable bonds is 2. The molecule has 1 N–H and O–H groups in total. The quantitative estimate of drug-likeness (QED) is 0.839. The number of benzene rings is 1. The topological polar surface area (TPSA) is 37.3 Å². The van der Waals surface area contributed by atoms with Gasteiger partial charge in [0, 0.05) is 12.8 Å². The molecular weight excluding hydrogens is 264 g/mol. The zero-order valence-electron chi connectivity index (χ0n) is 10.1. The number of carboxylic acid groups (broad SMARTS) is 1. The van der Waals surface area contributed by atoms with Gasteiger partial charge in [0.2, 0.25) is 0 Å². The Bertz CT molecular complexity index is 494. The molecule has 6 heteroatoms. The van der Waals surface area contributed by atoms with Gasteiger partial charge in [-0.25, -0.2) is 4.39 Å². The van der Waals surface area contributed by atoms with Gasteiger partial charge in [-0.2, -0.15) is 13.2 Å². The molecule has 0 radical (unpaired) electrons. The van der Waals surface area contributed by atoms with Gasteiger partial charge in [-0.15, -0.1) is 0 Å². The van der Waals surface area contributed by atoms with E-state index in [4.69, 9.17) is 0 Å². The highest BCUT2D eigenvalue weighted by molar-refractivity contribution is 5.83. The van der Waals surface area contributed by atoms with Gasteiger partial charge in [-0.05, 0) is 24.6 Å². The molecule has 1 saturated carbocycles. The average Bonchev–Trinajstić information content (AvgIpc) is 2.24. The summed E-state index contributed by atoms with van der Waals surface area (Å²) >= 11 is 0. The smallest absolute Gasteiger partial charge is 0.416 e. The highest BCUT2D eigenvalue weighted by Crippen LogP contribution is 2.52. The first-order valence-electron chi connectivity index (χ1n) is 5.67. The van der Waals surface area contributed by atoms with E-state index < -0.39 is 28.8 Å². The molecule has 0 bridgehead atoms. The number of hydrogen-bond donors (Lipinski definition) is 1. The van der Waals surface area contributed by atoms with Crippen LogP contribution in [0.5, 0.6) is 0 Å². The lowest BCUT2D eigenvalue weighted by molar-refractivity contribution is -0.155. The number of carbonyl (C=O) groups is 1. The second-order valence-electron chi connectivity index (χ2n) is 5.23. The van der Waals surface area contributed by atoms with E-state index in [9.17, 15) is 27.5 Å². The fraction of sp³-hybridized carbons (Fsp3) is 0.462. The van der Waals surface area contributed by atoms with Crippen LogP contribution in [0.2, 0.25) is 0 Å². The van der Waals surface area contributed by atoms with Crippen molar-refractivity contribution >= 4 is 5.97 Å². The van der Waals surface area contributed by atoms with Crippen molar-refractivity contribution in [2.45, 2.75) is 37.0 Å². The van der Waals surface area contributed by atoms with Gasteiger partial charge in [-0.1, -0.05) is 12.1 Å². The van der Waals surface area contributed by atoms with Crippen molar-refractivity contribution in [1.29, 1.82) is 0 Å². The summed E-state index contributed by atoms with van der Waals surface area (Å²) in [5.41, 5.74) is -3.63. The Balaban J connectivity index is 2.33. The van der Waals surface area contributed by atoms with E-state index >= 15 is 0 Å². The van der Waals surface area contributed by atoms with Crippen LogP contribution in [0.1, 0.15) is 30.9 Å². The molecule has 1 aliphatic rings. The van der Waals surface area contributed by atoms with Gasteiger partial charge >= 0.3 is 12.1 Å². The third-order valence-corrected chi connectivity index (χ3v) is 3.51. The highest BCUT2D eigenvalue weighted by Gasteiger charge is 2.58. The van der Waals surface area contributed by atoms with E-state index in [2.05, 4.69) is 0 Å². The van der Waals surface area contributed by atoms with Crippen molar-refractivity contribution in [2.24, 2.45) is 0 Å². The summed E-state index contributed by atoms with van der Waals surface area (Å²) < 4.78 is 50.8. The van der Waals surface area contributed by atoms with Gasteiger partial charge in [0.05, 0.1) is 11.0 Å². The maximum absolute atomic E-state index is 13.6. The fourth-order valence-corrected chi connectivity index (χ4v) is 2.66. The first-order chi connectivity index (χ1) is 8.57. The molecule has 0 unspecified atom stereocenters. The third kappa shape index (κ3) is 2.31. The molecule has 2 nitrogen and oxygen atoms in total. The monoisotopic (exact) mass is 276 g/mol. The molecule has 2 rings (SSSR count). The molecule has 0 atom stereocenters. The molecular formula is C13H12F4O2. The van der Waals surface area contributed by atoms with Gasteiger partial charge < -0.3 is 5.11 Å². The van der Waals surface area contributed by atoms with Crippen LogP contribution >= 0.6 is 0 Å². The predicted molar refractivity (Wildman–Crippen MR) is 59.5 cm³/mol. The summed E-state index contributed by atoms with van der Waals surface area (Å²) in [7, 11) is 0. The summed E-state index contributed by atoms with van der Waals surface area (Å²) in [6.07, 6.45) is -4.91. The Morgan fingerprint density at radius 2 is 1.68 bits per heavy atom. The van der Waals surface area contributed by atoms with E-state index in [1.165, 1.54) is 6.92 Å². The standard InChI is InChI=1S/C13H12F4O2/c1-11(14)6-12(7-11,10(18)19)8-2-4-9(5-3-8)13(15,16)17/h2-5H,6-7H2,1H3,(H,18,19). The summed E-state index contributed by atoms with van der Waals surface area (Å²) in [6.45, 7) is 1.29. The predicted octanol–water partition coefficient (Wildman–Crippen LogP) is 3.55. The van der Waals surface area contributed by atoms with E-state index in [1.807, 2.05) is 0 Å². The normalized spacial score (nSPS) is 30.8. The van der Waals surface area contributed by atoms with Crippen molar-refractivity contribution < 1.29 is 27.5 Å². The van der Waals surface area contributed by atoms with E-state index in [1.54, 1.807) is 0 Å². The molecule has 1 fully saturated rings.